The molecule has 2 N–H and O–H groups in total. The highest BCUT2D eigenvalue weighted by Crippen LogP contribution is 2.39. The van der Waals surface area contributed by atoms with Crippen molar-refractivity contribution in [3.05, 3.63) is 52.0 Å². The highest BCUT2D eigenvalue weighted by atomic mass is 32.1. The van der Waals surface area contributed by atoms with E-state index in [1.807, 2.05) is 5.51 Å². The number of aryl methyl sites for hydroxylation is 1. The minimum Gasteiger partial charge on any atom is -0.330 e. The van der Waals surface area contributed by atoms with Gasteiger partial charge < -0.3 is 5.73 Å². The first kappa shape index (κ1) is 11.9. The first-order valence-electron chi connectivity index (χ1n) is 6.50. The van der Waals surface area contributed by atoms with Crippen LogP contribution < -0.4 is 5.73 Å². The Morgan fingerprint density at radius 2 is 2.22 bits per heavy atom. The monoisotopic (exact) mass is 258 g/mol. The van der Waals surface area contributed by atoms with Gasteiger partial charge in [0.1, 0.15) is 0 Å². The van der Waals surface area contributed by atoms with E-state index in [4.69, 9.17) is 5.73 Å². The first-order valence-corrected chi connectivity index (χ1v) is 7.44. The molecule has 1 atom stereocenters. The third kappa shape index (κ3) is 1.98. The fraction of sp³-hybridized carbons (Fsp3) is 0.400. The molecule has 0 spiro atoms. The molecule has 1 aliphatic carbocycles. The maximum atomic E-state index is 6.15. The molecule has 1 unspecified atom stereocenters. The average molecular weight is 258 g/mol. The Morgan fingerprint density at radius 3 is 3.00 bits per heavy atom. The summed E-state index contributed by atoms with van der Waals surface area (Å²) < 4.78 is 0. The second-order valence-electron chi connectivity index (χ2n) is 5.15. The van der Waals surface area contributed by atoms with Crippen molar-refractivity contribution >= 4 is 11.3 Å². The lowest BCUT2D eigenvalue weighted by Crippen LogP contribution is -2.40. The van der Waals surface area contributed by atoms with Crippen molar-refractivity contribution < 1.29 is 0 Å². The number of hydrogen-bond donors (Lipinski definition) is 1. The van der Waals surface area contributed by atoms with Crippen LogP contribution in [0.5, 0.6) is 0 Å². The van der Waals surface area contributed by atoms with Gasteiger partial charge in [0, 0.05) is 23.8 Å². The number of nitrogens with two attached hydrogens (primary N) is 1. The quantitative estimate of drug-likeness (QED) is 0.919. The van der Waals surface area contributed by atoms with Crippen LogP contribution >= 0.6 is 11.3 Å². The van der Waals surface area contributed by atoms with Gasteiger partial charge in [0.05, 0.1) is 11.2 Å². The van der Waals surface area contributed by atoms with E-state index < -0.39 is 0 Å². The van der Waals surface area contributed by atoms with Gasteiger partial charge >= 0.3 is 0 Å². The summed E-state index contributed by atoms with van der Waals surface area (Å²) in [5.41, 5.74) is 12.3. The average Bonchev–Trinajstić information content (AvgIpc) is 2.92. The molecule has 0 amide bonds. The van der Waals surface area contributed by atoms with Gasteiger partial charge in [0.2, 0.25) is 0 Å². The van der Waals surface area contributed by atoms with E-state index in [9.17, 15) is 0 Å². The summed E-state index contributed by atoms with van der Waals surface area (Å²) in [6.07, 6.45) is 4.58. The topological polar surface area (TPSA) is 38.9 Å². The van der Waals surface area contributed by atoms with Crippen LogP contribution in [0.25, 0.3) is 0 Å². The number of nitrogens with zero attached hydrogens (tertiary/aromatic N) is 1. The van der Waals surface area contributed by atoms with E-state index in [0.717, 1.165) is 6.42 Å². The fourth-order valence-electron chi connectivity index (χ4n) is 3.15. The standard InChI is InChI=1S/C15H18N2S/c16-10-15(8-13-9-18-11-17-13)7-3-5-12-4-1-2-6-14(12)15/h1-2,4,6,9,11H,3,5,7-8,10,16H2. The molecule has 0 saturated heterocycles. The summed E-state index contributed by atoms with van der Waals surface area (Å²) >= 11 is 1.67. The predicted octanol–water partition coefficient (Wildman–Crippen LogP) is 2.92. The van der Waals surface area contributed by atoms with Gasteiger partial charge in [-0.05, 0) is 30.4 Å². The van der Waals surface area contributed by atoms with E-state index in [2.05, 4.69) is 34.6 Å². The van der Waals surface area contributed by atoms with Crippen molar-refractivity contribution in [1.29, 1.82) is 0 Å². The number of aromatic nitrogens is 1. The maximum Gasteiger partial charge on any atom is 0.0794 e. The Labute approximate surface area is 112 Å². The van der Waals surface area contributed by atoms with Crippen LogP contribution in [0.1, 0.15) is 29.7 Å². The summed E-state index contributed by atoms with van der Waals surface area (Å²) in [5.74, 6) is 0. The Hall–Kier alpha value is -1.19. The van der Waals surface area contributed by atoms with Crippen molar-refractivity contribution in [2.75, 3.05) is 6.54 Å². The summed E-state index contributed by atoms with van der Waals surface area (Å²) in [6.45, 7) is 0.710. The Bertz CT molecular complexity index is 521. The maximum absolute atomic E-state index is 6.15. The van der Waals surface area contributed by atoms with Crippen LogP contribution in [-0.4, -0.2) is 11.5 Å². The van der Waals surface area contributed by atoms with E-state index in [-0.39, 0.29) is 5.41 Å². The molecule has 1 aromatic carbocycles. The Kier molecular flexibility index (Phi) is 3.18. The molecular weight excluding hydrogens is 240 g/mol. The van der Waals surface area contributed by atoms with Gasteiger partial charge in [0.15, 0.2) is 0 Å². The van der Waals surface area contributed by atoms with Gasteiger partial charge in [-0.25, -0.2) is 4.98 Å². The second kappa shape index (κ2) is 4.82. The molecule has 3 heteroatoms. The van der Waals surface area contributed by atoms with Gasteiger partial charge in [-0.1, -0.05) is 24.3 Å². The molecule has 2 nitrogen and oxygen atoms in total. The van der Waals surface area contributed by atoms with Crippen molar-refractivity contribution in [1.82, 2.24) is 4.98 Å². The fourth-order valence-corrected chi connectivity index (χ4v) is 3.71. The summed E-state index contributed by atoms with van der Waals surface area (Å²) in [6, 6.07) is 8.78. The Balaban J connectivity index is 2.02. The lowest BCUT2D eigenvalue weighted by atomic mass is 9.67. The minimum atomic E-state index is 0.100. The smallest absolute Gasteiger partial charge is 0.0794 e. The molecule has 0 radical (unpaired) electrons. The van der Waals surface area contributed by atoms with Crippen molar-refractivity contribution in [3.63, 3.8) is 0 Å². The number of benzene rings is 1. The van der Waals surface area contributed by atoms with Crippen LogP contribution in [0.3, 0.4) is 0 Å². The molecule has 0 saturated carbocycles. The number of thiazole rings is 1. The molecule has 1 aromatic heterocycles. The Morgan fingerprint density at radius 1 is 1.33 bits per heavy atom. The third-order valence-corrected chi connectivity index (χ3v) is 4.72. The molecule has 1 heterocycles. The molecule has 2 aromatic rings. The molecular formula is C15H18N2S. The van der Waals surface area contributed by atoms with Gasteiger partial charge in [-0.3, -0.25) is 0 Å². The lowest BCUT2D eigenvalue weighted by Gasteiger charge is -2.38. The zero-order valence-electron chi connectivity index (χ0n) is 10.4. The molecule has 3 rings (SSSR count). The molecule has 94 valence electrons. The minimum absolute atomic E-state index is 0.100. The number of rotatable bonds is 3. The summed E-state index contributed by atoms with van der Waals surface area (Å²) in [5, 5.41) is 2.15. The third-order valence-electron chi connectivity index (χ3n) is 4.08. The largest absolute Gasteiger partial charge is 0.330 e. The van der Waals surface area contributed by atoms with Gasteiger partial charge in [-0.15, -0.1) is 11.3 Å². The van der Waals surface area contributed by atoms with E-state index in [0.29, 0.717) is 6.54 Å². The molecule has 0 fully saturated rings. The van der Waals surface area contributed by atoms with Crippen molar-refractivity contribution in [3.8, 4) is 0 Å². The van der Waals surface area contributed by atoms with Gasteiger partial charge in [0.25, 0.3) is 0 Å². The summed E-state index contributed by atoms with van der Waals surface area (Å²) in [4.78, 5) is 4.44. The van der Waals surface area contributed by atoms with Crippen LogP contribution in [-0.2, 0) is 18.3 Å². The SMILES string of the molecule is NCC1(Cc2cscn2)CCCc2ccccc21. The van der Waals surface area contributed by atoms with Crippen LogP contribution in [0.15, 0.2) is 35.2 Å². The zero-order chi connectivity index (χ0) is 12.4. The predicted molar refractivity (Wildman–Crippen MR) is 75.9 cm³/mol. The van der Waals surface area contributed by atoms with Crippen molar-refractivity contribution in [2.45, 2.75) is 31.1 Å². The van der Waals surface area contributed by atoms with Crippen LogP contribution in [0, 0.1) is 0 Å². The number of fused-ring (bicyclic) bond motifs is 1. The van der Waals surface area contributed by atoms with E-state index in [1.54, 1.807) is 11.3 Å². The molecule has 0 bridgehead atoms. The highest BCUT2D eigenvalue weighted by molar-refractivity contribution is 7.07. The van der Waals surface area contributed by atoms with Crippen LogP contribution in [0.4, 0.5) is 0 Å². The molecule has 1 aliphatic rings. The number of hydrogen-bond acceptors (Lipinski definition) is 3. The molecule has 0 aliphatic heterocycles. The van der Waals surface area contributed by atoms with Gasteiger partial charge in [-0.2, -0.15) is 0 Å². The highest BCUT2D eigenvalue weighted by Gasteiger charge is 2.35. The van der Waals surface area contributed by atoms with E-state index in [1.165, 1.54) is 36.1 Å². The molecule has 18 heavy (non-hydrogen) atoms. The second-order valence-corrected chi connectivity index (χ2v) is 5.87. The summed E-state index contributed by atoms with van der Waals surface area (Å²) in [7, 11) is 0. The van der Waals surface area contributed by atoms with Crippen molar-refractivity contribution in [2.24, 2.45) is 5.73 Å². The zero-order valence-corrected chi connectivity index (χ0v) is 11.2. The van der Waals surface area contributed by atoms with E-state index >= 15 is 0 Å². The lowest BCUT2D eigenvalue weighted by molar-refractivity contribution is 0.363. The van der Waals surface area contributed by atoms with Crippen LogP contribution in [0.2, 0.25) is 0 Å². The first-order chi connectivity index (χ1) is 8.84. The normalized spacial score (nSPS) is 22.7.